The summed E-state index contributed by atoms with van der Waals surface area (Å²) < 4.78 is 28.3. The molecule has 7 heteroatoms. The Morgan fingerprint density at radius 2 is 1.13 bits per heavy atom. The maximum absolute atomic E-state index is 9.81. The molecule has 0 aromatic rings. The molecule has 0 saturated carbocycles. The third-order valence-electron chi connectivity index (χ3n) is 1.23. The van der Waals surface area contributed by atoms with E-state index in [9.17, 15) is 18.0 Å². The summed E-state index contributed by atoms with van der Waals surface area (Å²) in [5.41, 5.74) is 0. The van der Waals surface area contributed by atoms with Gasteiger partial charge in [-0.2, -0.15) is 0 Å². The Morgan fingerprint density at radius 3 is 1.13 bits per heavy atom. The van der Waals surface area contributed by atoms with Crippen molar-refractivity contribution in [3.05, 3.63) is 11.8 Å². The molecular formula is C16H36O6S. The molecule has 6 nitrogen and oxygen atoms in total. The molecule has 0 aliphatic rings. The minimum Gasteiger partial charge on any atom is -0.502 e. The smallest absolute Gasteiger partial charge is 0.144 e. The maximum Gasteiger partial charge on any atom is 0.144 e. The van der Waals surface area contributed by atoms with Crippen molar-refractivity contribution in [2.24, 2.45) is 0 Å². The average molecular weight is 357 g/mol. The number of Topliss-reactive ketones (excluding diaryl/α,β-unsaturated/α-hetero) is 2. The quantitative estimate of drug-likeness (QED) is 0.707. The molecule has 0 atom stereocenters. The van der Waals surface area contributed by atoms with Gasteiger partial charge in [-0.3, -0.25) is 0 Å². The van der Waals surface area contributed by atoms with Crippen molar-refractivity contribution < 1.29 is 27.5 Å². The number of ether oxygens (including phenoxy) is 2. The van der Waals surface area contributed by atoms with Crippen LogP contribution in [0.2, 0.25) is 0 Å². The van der Waals surface area contributed by atoms with Gasteiger partial charge < -0.3 is 19.1 Å². The van der Waals surface area contributed by atoms with E-state index in [1.807, 2.05) is 26.8 Å². The second kappa shape index (κ2) is 25.7. The zero-order valence-electron chi connectivity index (χ0n) is 16.6. The minimum atomic E-state index is -2.67. The first-order valence-corrected chi connectivity index (χ1v) is 9.21. The van der Waals surface area contributed by atoms with Crippen LogP contribution in [0.15, 0.2) is 11.8 Å². The van der Waals surface area contributed by atoms with Crippen LogP contribution in [0.25, 0.3) is 0 Å². The molecule has 0 spiro atoms. The van der Waals surface area contributed by atoms with Gasteiger partial charge in [0.2, 0.25) is 0 Å². The predicted octanol–water partition coefficient (Wildman–Crippen LogP) is 3.06. The number of hydrogen-bond acceptors (Lipinski definition) is 6. The lowest BCUT2D eigenvalue weighted by molar-refractivity contribution is -0.117. The van der Waals surface area contributed by atoms with Gasteiger partial charge in [0.15, 0.2) is 0 Å². The van der Waals surface area contributed by atoms with Crippen molar-refractivity contribution in [2.45, 2.75) is 48.0 Å². The number of carbonyl (C=O) groups is 2. The summed E-state index contributed by atoms with van der Waals surface area (Å²) in [7, 11) is 2.25. The molecule has 0 aromatic heterocycles. The fraction of sp³-hybridized carbons (Fsp3) is 0.750. The fourth-order valence-corrected chi connectivity index (χ4v) is 0.118. The molecule has 0 N–H and O–H groups in total. The molecule has 0 aliphatic carbocycles. The standard InChI is InChI=1S/C5H10O.C4H8O.C3H6O.C2H6O2S.C2H6O/c1-4-5(2)6-3;1-3-4(2)5;1-3(2)4;1-5(2,3)4;1-3-2/h4H,1-3H3;3H2,1-2H3;1-2H3;1-2H3;1-2H3/b5-4+;;;;. The molecule has 0 aromatic carbocycles. The van der Waals surface area contributed by atoms with E-state index >= 15 is 0 Å². The highest BCUT2D eigenvalue weighted by atomic mass is 32.2. The Kier molecular flexibility index (Phi) is 37.4. The van der Waals surface area contributed by atoms with Crippen LogP contribution in [-0.4, -0.2) is 53.8 Å². The summed E-state index contributed by atoms with van der Waals surface area (Å²) >= 11 is 0. The van der Waals surface area contributed by atoms with Gasteiger partial charge in [0.05, 0.1) is 12.9 Å². The van der Waals surface area contributed by atoms with Crippen molar-refractivity contribution in [1.82, 2.24) is 0 Å². The number of rotatable bonds is 2. The van der Waals surface area contributed by atoms with Crippen LogP contribution >= 0.6 is 0 Å². The summed E-state index contributed by atoms with van der Waals surface area (Å²) in [6.45, 7) is 10.3. The third-order valence-corrected chi connectivity index (χ3v) is 1.23. The molecule has 0 fully saturated rings. The van der Waals surface area contributed by atoms with Crippen molar-refractivity contribution in [3.63, 3.8) is 0 Å². The monoisotopic (exact) mass is 356 g/mol. The number of methoxy groups -OCH3 is 2. The van der Waals surface area contributed by atoms with Gasteiger partial charge in [-0.25, -0.2) is 8.42 Å². The fourth-order valence-electron chi connectivity index (χ4n) is 0.118. The van der Waals surface area contributed by atoms with Crippen LogP contribution in [0, 0.1) is 0 Å². The Hall–Kier alpha value is -1.21. The third kappa shape index (κ3) is 320. The first-order chi connectivity index (χ1) is 10.2. The van der Waals surface area contributed by atoms with E-state index in [0.29, 0.717) is 6.42 Å². The average Bonchev–Trinajstić information content (AvgIpc) is 2.36. The Balaban J connectivity index is -0.0000000598. The lowest BCUT2D eigenvalue weighted by Gasteiger charge is -1.91. The zero-order chi connectivity index (χ0) is 20.1. The van der Waals surface area contributed by atoms with E-state index in [4.69, 9.17) is 4.74 Å². The van der Waals surface area contributed by atoms with Gasteiger partial charge in [-0.05, 0) is 34.6 Å². The van der Waals surface area contributed by atoms with E-state index in [0.717, 1.165) is 18.3 Å². The molecule has 0 rings (SSSR count). The maximum atomic E-state index is 9.81. The molecule has 23 heavy (non-hydrogen) atoms. The van der Waals surface area contributed by atoms with Gasteiger partial charge in [0, 0.05) is 33.2 Å². The summed E-state index contributed by atoms with van der Waals surface area (Å²) in [5.74, 6) is 1.39. The van der Waals surface area contributed by atoms with Gasteiger partial charge >= 0.3 is 0 Å². The highest BCUT2D eigenvalue weighted by molar-refractivity contribution is 7.89. The second-order valence-corrected chi connectivity index (χ2v) is 6.90. The number of hydrogen-bond donors (Lipinski definition) is 0. The largest absolute Gasteiger partial charge is 0.502 e. The van der Waals surface area contributed by atoms with Crippen molar-refractivity contribution in [3.8, 4) is 0 Å². The number of ketones is 2. The summed E-state index contributed by atoms with van der Waals surface area (Å²) in [6, 6.07) is 0. The SMILES string of the molecule is C/C=C(\C)OC.CC(C)=O.CCC(C)=O.COC.CS(C)(=O)=O. The molecule has 0 saturated heterocycles. The van der Waals surface area contributed by atoms with Crippen molar-refractivity contribution >= 4 is 21.4 Å². The number of sulfone groups is 1. The van der Waals surface area contributed by atoms with Crippen molar-refractivity contribution in [2.75, 3.05) is 33.8 Å². The van der Waals surface area contributed by atoms with Crippen LogP contribution in [0.4, 0.5) is 0 Å². The lowest BCUT2D eigenvalue weighted by Crippen LogP contribution is -1.86. The molecule has 0 unspecified atom stereocenters. The number of carbonyl (C=O) groups excluding carboxylic acids is 2. The Bertz CT molecular complexity index is 371. The van der Waals surface area contributed by atoms with E-state index in [2.05, 4.69) is 4.74 Å². The van der Waals surface area contributed by atoms with Crippen LogP contribution in [0.5, 0.6) is 0 Å². The Labute approximate surface area is 143 Å². The van der Waals surface area contributed by atoms with Crippen LogP contribution in [0.1, 0.15) is 48.0 Å². The molecule has 0 aliphatic heterocycles. The van der Waals surface area contributed by atoms with Gasteiger partial charge in [-0.15, -0.1) is 0 Å². The molecule has 0 amide bonds. The van der Waals surface area contributed by atoms with Crippen LogP contribution in [-0.2, 0) is 28.9 Å². The normalized spacial score (nSPS) is 9.09. The molecule has 0 heterocycles. The van der Waals surface area contributed by atoms with E-state index in [1.165, 1.54) is 13.8 Å². The van der Waals surface area contributed by atoms with Gasteiger partial charge in [0.1, 0.15) is 21.4 Å². The lowest BCUT2D eigenvalue weighted by atomic mass is 10.4. The zero-order valence-corrected chi connectivity index (χ0v) is 17.5. The highest BCUT2D eigenvalue weighted by Gasteiger charge is 1.79. The van der Waals surface area contributed by atoms with Crippen LogP contribution < -0.4 is 0 Å². The topological polar surface area (TPSA) is 86.7 Å². The molecular weight excluding hydrogens is 320 g/mol. The number of allylic oxidation sites excluding steroid dienone is 2. The summed E-state index contributed by atoms with van der Waals surface area (Å²) in [4.78, 5) is 19.3. The summed E-state index contributed by atoms with van der Waals surface area (Å²) in [5, 5.41) is 0. The molecule has 142 valence electrons. The molecule has 0 bridgehead atoms. The summed E-state index contributed by atoms with van der Waals surface area (Å²) in [6.07, 6.45) is 4.90. The first-order valence-electron chi connectivity index (χ1n) is 6.91. The van der Waals surface area contributed by atoms with Crippen LogP contribution in [0.3, 0.4) is 0 Å². The minimum absolute atomic E-state index is 0.167. The van der Waals surface area contributed by atoms with E-state index < -0.39 is 9.84 Å². The van der Waals surface area contributed by atoms with Crippen molar-refractivity contribution in [1.29, 1.82) is 0 Å². The predicted molar refractivity (Wildman–Crippen MR) is 97.5 cm³/mol. The van der Waals surface area contributed by atoms with Gasteiger partial charge in [0.25, 0.3) is 0 Å². The highest BCUT2D eigenvalue weighted by Crippen LogP contribution is 1.87. The molecule has 0 radical (unpaired) electrons. The van der Waals surface area contributed by atoms with E-state index in [-0.39, 0.29) is 11.6 Å². The second-order valence-electron chi connectivity index (χ2n) is 4.62. The van der Waals surface area contributed by atoms with Gasteiger partial charge in [-0.1, -0.05) is 13.0 Å². The Morgan fingerprint density at radius 1 is 0.957 bits per heavy atom. The van der Waals surface area contributed by atoms with E-state index in [1.54, 1.807) is 28.3 Å². The first kappa shape index (κ1) is 33.4.